The minimum Gasteiger partial charge on any atom is -0.494 e. The van der Waals surface area contributed by atoms with Crippen LogP contribution in [0.2, 0.25) is 0 Å². The summed E-state index contributed by atoms with van der Waals surface area (Å²) >= 11 is 0.979. The minimum absolute atomic E-state index is 0.00678. The van der Waals surface area contributed by atoms with Gasteiger partial charge in [-0.3, -0.25) is 9.59 Å². The largest absolute Gasteiger partial charge is 0.494 e. The first-order valence-electron chi connectivity index (χ1n) is 4.96. The predicted octanol–water partition coefficient (Wildman–Crippen LogP) is 1.59. The number of carboxylic acids is 1. The van der Waals surface area contributed by atoms with E-state index in [0.717, 1.165) is 17.8 Å². The predicted molar refractivity (Wildman–Crippen MR) is 66.5 cm³/mol. The van der Waals surface area contributed by atoms with Crippen LogP contribution in [0.15, 0.2) is 18.2 Å². The summed E-state index contributed by atoms with van der Waals surface area (Å²) in [5.41, 5.74) is 0.347. The molecule has 0 unspecified atom stereocenters. The van der Waals surface area contributed by atoms with Crippen molar-refractivity contribution in [2.75, 3.05) is 23.9 Å². The SMILES string of the molecule is COc1cc(F)ccc1NC(=O)CSCC(=O)O. The molecule has 1 aromatic rings. The van der Waals surface area contributed by atoms with E-state index >= 15 is 0 Å². The zero-order valence-corrected chi connectivity index (χ0v) is 10.4. The lowest BCUT2D eigenvalue weighted by Crippen LogP contribution is -2.16. The summed E-state index contributed by atoms with van der Waals surface area (Å²) in [4.78, 5) is 21.7. The number of anilines is 1. The van der Waals surface area contributed by atoms with Gasteiger partial charge in [0.15, 0.2) is 0 Å². The van der Waals surface area contributed by atoms with Crippen molar-refractivity contribution in [3.8, 4) is 5.75 Å². The van der Waals surface area contributed by atoms with Gasteiger partial charge in [0.1, 0.15) is 11.6 Å². The van der Waals surface area contributed by atoms with Crippen LogP contribution < -0.4 is 10.1 Å². The van der Waals surface area contributed by atoms with Gasteiger partial charge in [0.05, 0.1) is 24.3 Å². The van der Waals surface area contributed by atoms with E-state index in [9.17, 15) is 14.0 Å². The van der Waals surface area contributed by atoms with Crippen LogP contribution in [0.3, 0.4) is 0 Å². The molecule has 0 radical (unpaired) electrons. The van der Waals surface area contributed by atoms with Crippen molar-refractivity contribution in [3.05, 3.63) is 24.0 Å². The Morgan fingerprint density at radius 2 is 2.17 bits per heavy atom. The molecule has 98 valence electrons. The number of halogens is 1. The number of hydrogen-bond donors (Lipinski definition) is 2. The second kappa shape index (κ2) is 6.85. The summed E-state index contributed by atoms with van der Waals surface area (Å²) in [6, 6.07) is 3.73. The molecule has 0 saturated heterocycles. The Bertz CT molecular complexity index is 453. The van der Waals surface area contributed by atoms with Crippen LogP contribution in [-0.2, 0) is 9.59 Å². The molecule has 0 aliphatic heterocycles. The molecule has 5 nitrogen and oxygen atoms in total. The topological polar surface area (TPSA) is 75.6 Å². The molecule has 18 heavy (non-hydrogen) atoms. The number of hydrogen-bond acceptors (Lipinski definition) is 4. The van der Waals surface area contributed by atoms with Gasteiger partial charge in [-0.25, -0.2) is 4.39 Å². The van der Waals surface area contributed by atoms with Gasteiger partial charge in [0, 0.05) is 6.07 Å². The Labute approximate surface area is 107 Å². The lowest BCUT2D eigenvalue weighted by molar-refractivity contribution is -0.133. The van der Waals surface area contributed by atoms with Gasteiger partial charge >= 0.3 is 5.97 Å². The van der Waals surface area contributed by atoms with E-state index in [-0.39, 0.29) is 23.2 Å². The Morgan fingerprint density at radius 1 is 1.44 bits per heavy atom. The van der Waals surface area contributed by atoms with Crippen molar-refractivity contribution in [2.24, 2.45) is 0 Å². The Morgan fingerprint density at radius 3 is 2.78 bits per heavy atom. The van der Waals surface area contributed by atoms with Crippen LogP contribution in [0.4, 0.5) is 10.1 Å². The van der Waals surface area contributed by atoms with E-state index in [1.54, 1.807) is 0 Å². The third-order valence-electron chi connectivity index (χ3n) is 1.90. The van der Waals surface area contributed by atoms with Crippen molar-refractivity contribution >= 4 is 29.3 Å². The van der Waals surface area contributed by atoms with Crippen LogP contribution in [0.5, 0.6) is 5.75 Å². The van der Waals surface area contributed by atoms with Crippen molar-refractivity contribution in [1.82, 2.24) is 0 Å². The highest BCUT2D eigenvalue weighted by Gasteiger charge is 2.09. The maximum absolute atomic E-state index is 12.9. The summed E-state index contributed by atoms with van der Waals surface area (Å²) < 4.78 is 17.8. The zero-order chi connectivity index (χ0) is 13.5. The summed E-state index contributed by atoms with van der Waals surface area (Å²) in [5, 5.41) is 10.9. The van der Waals surface area contributed by atoms with E-state index < -0.39 is 11.8 Å². The van der Waals surface area contributed by atoms with Crippen LogP contribution in [0.1, 0.15) is 0 Å². The number of methoxy groups -OCH3 is 1. The molecule has 2 N–H and O–H groups in total. The quantitative estimate of drug-likeness (QED) is 0.823. The molecule has 0 fully saturated rings. The van der Waals surface area contributed by atoms with Gasteiger partial charge in [-0.05, 0) is 12.1 Å². The van der Waals surface area contributed by atoms with Gasteiger partial charge < -0.3 is 15.2 Å². The second-order valence-corrected chi connectivity index (χ2v) is 4.26. The molecule has 1 amide bonds. The Hall–Kier alpha value is -1.76. The average molecular weight is 273 g/mol. The van der Waals surface area contributed by atoms with Gasteiger partial charge in [0.2, 0.25) is 5.91 Å². The molecule has 0 bridgehead atoms. The highest BCUT2D eigenvalue weighted by molar-refractivity contribution is 8.00. The van der Waals surface area contributed by atoms with E-state index in [4.69, 9.17) is 9.84 Å². The molecule has 7 heteroatoms. The zero-order valence-electron chi connectivity index (χ0n) is 9.60. The number of thioether (sulfide) groups is 1. The number of carboxylic acid groups (broad SMARTS) is 1. The van der Waals surface area contributed by atoms with Gasteiger partial charge in [-0.1, -0.05) is 0 Å². The van der Waals surface area contributed by atoms with Gasteiger partial charge in [-0.2, -0.15) is 0 Å². The summed E-state index contributed by atoms with van der Waals surface area (Å²) in [6.07, 6.45) is 0. The number of amides is 1. The van der Waals surface area contributed by atoms with E-state index in [1.807, 2.05) is 0 Å². The van der Waals surface area contributed by atoms with Crippen molar-refractivity contribution in [3.63, 3.8) is 0 Å². The molecule has 0 spiro atoms. The Kier molecular flexibility index (Phi) is 5.44. The molecule has 0 aliphatic rings. The number of rotatable bonds is 6. The number of carbonyl (C=O) groups is 2. The first kappa shape index (κ1) is 14.3. The first-order valence-corrected chi connectivity index (χ1v) is 6.11. The van der Waals surface area contributed by atoms with Crippen molar-refractivity contribution < 1.29 is 23.8 Å². The fraction of sp³-hybridized carbons (Fsp3) is 0.273. The molecule has 0 heterocycles. The summed E-state index contributed by atoms with van der Waals surface area (Å²) in [7, 11) is 1.36. The summed E-state index contributed by atoms with van der Waals surface area (Å²) in [5.74, 6) is -1.74. The van der Waals surface area contributed by atoms with Gasteiger partial charge in [0.25, 0.3) is 0 Å². The van der Waals surface area contributed by atoms with Crippen LogP contribution in [-0.4, -0.2) is 35.6 Å². The smallest absolute Gasteiger partial charge is 0.313 e. The molecule has 0 aromatic heterocycles. The first-order chi connectivity index (χ1) is 8.52. The standard InChI is InChI=1S/C11H12FNO4S/c1-17-9-4-7(12)2-3-8(9)13-10(14)5-18-6-11(15)16/h2-4H,5-6H2,1H3,(H,13,14)(H,15,16). The van der Waals surface area contributed by atoms with Crippen molar-refractivity contribution in [2.45, 2.75) is 0 Å². The number of benzene rings is 1. The Balaban J connectivity index is 2.56. The maximum Gasteiger partial charge on any atom is 0.313 e. The third-order valence-corrected chi connectivity index (χ3v) is 2.81. The molecular formula is C11H12FNO4S. The fourth-order valence-electron chi connectivity index (χ4n) is 1.19. The minimum atomic E-state index is -0.979. The number of ether oxygens (including phenoxy) is 1. The van der Waals surface area contributed by atoms with Crippen LogP contribution >= 0.6 is 11.8 Å². The normalized spacial score (nSPS) is 9.89. The summed E-state index contributed by atoms with van der Waals surface area (Å²) in [6.45, 7) is 0. The monoisotopic (exact) mass is 273 g/mol. The maximum atomic E-state index is 12.9. The number of nitrogens with one attached hydrogen (secondary N) is 1. The second-order valence-electron chi connectivity index (χ2n) is 3.28. The molecule has 0 aliphatic carbocycles. The molecule has 0 atom stereocenters. The molecular weight excluding hydrogens is 261 g/mol. The van der Waals surface area contributed by atoms with Crippen molar-refractivity contribution in [1.29, 1.82) is 0 Å². The lowest BCUT2D eigenvalue weighted by atomic mass is 10.3. The fourth-order valence-corrected chi connectivity index (χ4v) is 1.72. The van der Waals surface area contributed by atoms with E-state index in [0.29, 0.717) is 5.69 Å². The number of carbonyl (C=O) groups excluding carboxylic acids is 1. The van der Waals surface area contributed by atoms with Gasteiger partial charge in [-0.15, -0.1) is 11.8 Å². The average Bonchev–Trinajstić information content (AvgIpc) is 2.31. The molecule has 0 saturated carbocycles. The molecule has 1 rings (SSSR count). The molecule has 1 aromatic carbocycles. The third kappa shape index (κ3) is 4.62. The highest BCUT2D eigenvalue weighted by Crippen LogP contribution is 2.24. The highest BCUT2D eigenvalue weighted by atomic mass is 32.2. The van der Waals surface area contributed by atoms with E-state index in [1.165, 1.54) is 19.2 Å². The lowest BCUT2D eigenvalue weighted by Gasteiger charge is -2.09. The van der Waals surface area contributed by atoms with E-state index in [2.05, 4.69) is 5.32 Å². The number of aliphatic carboxylic acids is 1. The van der Waals surface area contributed by atoms with Crippen LogP contribution in [0, 0.1) is 5.82 Å². The van der Waals surface area contributed by atoms with Crippen LogP contribution in [0.25, 0.3) is 0 Å².